The van der Waals surface area contributed by atoms with Crippen molar-refractivity contribution < 1.29 is 18.5 Å². The van der Waals surface area contributed by atoms with E-state index in [0.29, 0.717) is 17.6 Å². The number of benzene rings is 2. The number of halogens is 1. The Morgan fingerprint density at radius 3 is 2.54 bits per heavy atom. The first kappa shape index (κ1) is 25.2. The Kier molecular flexibility index (Phi) is 6.29. The number of carbonyl (C=O) groups is 2. The molecule has 11 heteroatoms. The number of nitrogens with two attached hydrogens (primary N) is 1. The van der Waals surface area contributed by atoms with Gasteiger partial charge in [-0.3, -0.25) is 14.4 Å². The maximum atomic E-state index is 14.7. The first-order valence-corrected chi connectivity index (χ1v) is 11.8. The molecule has 5 aromatic rings. The molecule has 0 aliphatic rings. The van der Waals surface area contributed by atoms with Crippen LogP contribution in [-0.2, 0) is 13.6 Å². The molecule has 2 aromatic carbocycles. The number of fused-ring (bicyclic) bond motifs is 1. The summed E-state index contributed by atoms with van der Waals surface area (Å²) in [4.78, 5) is 41.4. The zero-order chi connectivity index (χ0) is 27.8. The van der Waals surface area contributed by atoms with Gasteiger partial charge in [0.2, 0.25) is 5.76 Å². The van der Waals surface area contributed by atoms with E-state index in [1.54, 1.807) is 30.3 Å². The van der Waals surface area contributed by atoms with Gasteiger partial charge < -0.3 is 20.1 Å². The molecule has 39 heavy (non-hydrogen) atoms. The van der Waals surface area contributed by atoms with E-state index in [2.05, 4.69) is 10.3 Å². The highest BCUT2D eigenvalue weighted by Crippen LogP contribution is 2.32. The van der Waals surface area contributed by atoms with E-state index in [1.165, 1.54) is 31.4 Å². The molecular weight excluding hydrogens is 503 g/mol. The number of carbonyl (C=O) groups excluding carboxylic acids is 2. The summed E-state index contributed by atoms with van der Waals surface area (Å²) in [5.74, 6) is -2.60. The van der Waals surface area contributed by atoms with Gasteiger partial charge in [-0.1, -0.05) is 30.3 Å². The molecule has 0 aliphatic heterocycles. The number of rotatable bonds is 6. The molecule has 5 rings (SSSR count). The maximum absolute atomic E-state index is 14.7. The van der Waals surface area contributed by atoms with Gasteiger partial charge in [0.25, 0.3) is 17.4 Å². The number of aromatic nitrogens is 3. The molecule has 0 aliphatic carbocycles. The zero-order valence-corrected chi connectivity index (χ0v) is 20.9. The van der Waals surface area contributed by atoms with E-state index < -0.39 is 23.2 Å². The summed E-state index contributed by atoms with van der Waals surface area (Å²) in [6.45, 7) is 2.40. The fraction of sp³-hybridized carbons (Fsp3) is 0.107. The van der Waals surface area contributed by atoms with Crippen LogP contribution in [-0.4, -0.2) is 26.1 Å². The van der Waals surface area contributed by atoms with Crippen LogP contribution in [0.4, 0.5) is 10.1 Å². The minimum Gasteiger partial charge on any atom is -0.366 e. The van der Waals surface area contributed by atoms with E-state index >= 15 is 0 Å². The van der Waals surface area contributed by atoms with Crippen molar-refractivity contribution in [2.75, 3.05) is 5.32 Å². The molecule has 0 saturated carbocycles. The van der Waals surface area contributed by atoms with Crippen LogP contribution >= 0.6 is 0 Å². The number of nitrogens with one attached hydrogen (secondary N) is 1. The van der Waals surface area contributed by atoms with Gasteiger partial charge in [0.05, 0.1) is 16.8 Å². The monoisotopic (exact) mass is 524 g/mol. The van der Waals surface area contributed by atoms with Crippen molar-refractivity contribution in [1.82, 2.24) is 14.3 Å². The van der Waals surface area contributed by atoms with Crippen molar-refractivity contribution in [2.24, 2.45) is 12.8 Å². The van der Waals surface area contributed by atoms with Crippen LogP contribution < -0.4 is 16.6 Å². The molecule has 194 valence electrons. The number of nitriles is 1. The molecule has 0 saturated heterocycles. The number of aryl methyl sites for hydroxylation is 2. The zero-order valence-electron chi connectivity index (χ0n) is 20.9. The lowest BCUT2D eigenvalue weighted by Crippen LogP contribution is -2.19. The summed E-state index contributed by atoms with van der Waals surface area (Å²) in [5, 5.41) is 12.6. The van der Waals surface area contributed by atoms with Gasteiger partial charge in [-0.25, -0.2) is 9.37 Å². The quantitative estimate of drug-likeness (QED) is 0.342. The van der Waals surface area contributed by atoms with Crippen molar-refractivity contribution in [1.29, 1.82) is 5.26 Å². The SMILES string of the molecule is CCn1c(-c2ccc(-c3c(C#N)on(C)c3=O)cc2)cc2ccnc(C(=O)Nc3cccc(C(N)=O)c3F)c21. The smallest absolute Gasteiger partial charge is 0.291 e. The first-order chi connectivity index (χ1) is 18.7. The van der Waals surface area contributed by atoms with Crippen LogP contribution in [0.1, 0.15) is 33.5 Å². The van der Waals surface area contributed by atoms with Crippen molar-refractivity contribution >= 4 is 28.4 Å². The summed E-state index contributed by atoms with van der Waals surface area (Å²) in [6, 6.07) is 16.6. The molecule has 0 bridgehead atoms. The number of pyridine rings is 1. The Balaban J connectivity index is 1.55. The second-order valence-corrected chi connectivity index (χ2v) is 8.64. The highest BCUT2D eigenvalue weighted by atomic mass is 19.1. The van der Waals surface area contributed by atoms with Crippen molar-refractivity contribution in [2.45, 2.75) is 13.5 Å². The van der Waals surface area contributed by atoms with Gasteiger partial charge in [0, 0.05) is 30.9 Å². The van der Waals surface area contributed by atoms with Crippen molar-refractivity contribution in [3.8, 4) is 28.5 Å². The maximum Gasteiger partial charge on any atom is 0.291 e. The summed E-state index contributed by atoms with van der Waals surface area (Å²) in [5.41, 5.74) is 7.17. The molecule has 2 amide bonds. The predicted octanol–water partition coefficient (Wildman–Crippen LogP) is 4.04. The lowest BCUT2D eigenvalue weighted by Gasteiger charge is -2.12. The van der Waals surface area contributed by atoms with Crippen LogP contribution in [0.25, 0.3) is 33.3 Å². The standard InChI is InChI=1S/C28H21FN6O4/c1-3-35-20(15-7-9-16(10-8-15)22-21(14-30)39-34(2)28(22)38)13-17-11-12-32-24(25(17)35)27(37)33-19-6-4-5-18(23(19)29)26(31)36/h4-13H,3H2,1-2H3,(H2,31,36)(H,33,37). The van der Waals surface area contributed by atoms with Gasteiger partial charge >= 0.3 is 0 Å². The largest absolute Gasteiger partial charge is 0.366 e. The summed E-state index contributed by atoms with van der Waals surface area (Å²) < 4.78 is 22.8. The molecule has 0 fully saturated rings. The molecule has 0 unspecified atom stereocenters. The lowest BCUT2D eigenvalue weighted by molar-refractivity contribution is 0.0991. The second-order valence-electron chi connectivity index (χ2n) is 8.64. The van der Waals surface area contributed by atoms with Gasteiger partial charge in [-0.05, 0) is 42.3 Å². The Bertz CT molecular complexity index is 1880. The van der Waals surface area contributed by atoms with Crippen LogP contribution in [0.3, 0.4) is 0 Å². The van der Waals surface area contributed by atoms with E-state index in [0.717, 1.165) is 21.4 Å². The van der Waals surface area contributed by atoms with Crippen molar-refractivity contribution in [3.05, 3.63) is 94.0 Å². The summed E-state index contributed by atoms with van der Waals surface area (Å²) >= 11 is 0. The molecule has 0 spiro atoms. The molecule has 0 atom stereocenters. The van der Waals surface area contributed by atoms with Crippen LogP contribution in [0.5, 0.6) is 0 Å². The normalized spacial score (nSPS) is 10.9. The molecule has 3 N–H and O–H groups in total. The van der Waals surface area contributed by atoms with Gasteiger partial charge in [-0.15, -0.1) is 0 Å². The minimum atomic E-state index is -0.948. The summed E-state index contributed by atoms with van der Waals surface area (Å²) in [7, 11) is 1.44. The topological polar surface area (TPSA) is 149 Å². The Morgan fingerprint density at radius 1 is 1.15 bits per heavy atom. The van der Waals surface area contributed by atoms with E-state index in [-0.39, 0.29) is 28.3 Å². The third-order valence-electron chi connectivity index (χ3n) is 6.38. The van der Waals surface area contributed by atoms with E-state index in [1.807, 2.05) is 23.6 Å². The van der Waals surface area contributed by atoms with E-state index in [4.69, 9.17) is 10.3 Å². The number of anilines is 1. The summed E-state index contributed by atoms with van der Waals surface area (Å²) in [6.07, 6.45) is 1.48. The predicted molar refractivity (Wildman–Crippen MR) is 141 cm³/mol. The second kappa shape index (κ2) is 9.75. The average Bonchev–Trinajstić information content (AvgIpc) is 3.46. The lowest BCUT2D eigenvalue weighted by atomic mass is 10.0. The molecular formula is C28H21FN6O4. The van der Waals surface area contributed by atoms with Gasteiger partial charge in [-0.2, -0.15) is 10.0 Å². The number of primary amides is 1. The number of hydrogen-bond donors (Lipinski definition) is 2. The number of nitrogens with zero attached hydrogens (tertiary/aromatic N) is 4. The highest BCUT2D eigenvalue weighted by molar-refractivity contribution is 6.11. The molecule has 10 nitrogen and oxygen atoms in total. The fourth-order valence-corrected chi connectivity index (χ4v) is 4.57. The van der Waals surface area contributed by atoms with E-state index in [9.17, 15) is 24.0 Å². The molecule has 3 aromatic heterocycles. The number of hydrogen-bond acceptors (Lipinski definition) is 6. The first-order valence-electron chi connectivity index (χ1n) is 11.8. The Morgan fingerprint density at radius 2 is 1.87 bits per heavy atom. The van der Waals surface area contributed by atoms with Crippen LogP contribution in [0, 0.1) is 17.1 Å². The van der Waals surface area contributed by atoms with Gasteiger partial charge in [0.15, 0.2) is 11.5 Å². The van der Waals surface area contributed by atoms with Crippen molar-refractivity contribution in [3.63, 3.8) is 0 Å². The Labute approximate surface area is 220 Å². The van der Waals surface area contributed by atoms with Gasteiger partial charge in [0.1, 0.15) is 11.6 Å². The third kappa shape index (κ3) is 4.23. The number of amides is 2. The molecule has 3 heterocycles. The molecule has 0 radical (unpaired) electrons. The minimum absolute atomic E-state index is 0.0710. The van der Waals surface area contributed by atoms with Crippen LogP contribution in [0.15, 0.2) is 70.1 Å². The Hall–Kier alpha value is -5.50. The highest BCUT2D eigenvalue weighted by Gasteiger charge is 2.22. The average molecular weight is 525 g/mol. The fourth-order valence-electron chi connectivity index (χ4n) is 4.57. The van der Waals surface area contributed by atoms with Crippen LogP contribution in [0.2, 0.25) is 0 Å². The third-order valence-corrected chi connectivity index (χ3v) is 6.38.